The highest BCUT2D eigenvalue weighted by Gasteiger charge is 2.31. The molecule has 0 unspecified atom stereocenters. The second-order valence-electron chi connectivity index (χ2n) is 17.5. The van der Waals surface area contributed by atoms with Crippen LogP contribution in [0.5, 0.6) is 0 Å². The number of hydrogen-bond donors (Lipinski definition) is 0. The second-order valence-corrected chi connectivity index (χ2v) is 17.5. The number of hydrogen-bond acceptors (Lipinski definition) is 6. The summed E-state index contributed by atoms with van der Waals surface area (Å²) in [4.78, 5) is 2.48. The van der Waals surface area contributed by atoms with Gasteiger partial charge in [-0.25, -0.2) is 8.78 Å². The zero-order valence-corrected chi connectivity index (χ0v) is 39.6. The predicted octanol–water partition coefficient (Wildman–Crippen LogP) is 18.0. The van der Waals surface area contributed by atoms with Crippen LogP contribution in [0, 0.1) is 57.0 Å². The molecule has 0 heterocycles. The average Bonchev–Trinajstić information content (AvgIpc) is 0.823. The number of benzene rings is 12. The molecular weight excluding hydrogens is 939 g/mol. The fourth-order valence-electron chi connectivity index (χ4n) is 10.4. The normalized spacial score (nSPS) is 12.8. The number of nitrogens with zero attached hydrogens (tertiary/aromatic N) is 6. The molecule has 6 nitrogen and oxygen atoms in total. The monoisotopic (exact) mass is 986 g/mol. The fraction of sp³-hybridized carbons (Fsp3) is 0. The molecule has 0 aliphatic heterocycles. The maximum absolute atomic E-state index is 18.1. The van der Waals surface area contributed by atoms with Gasteiger partial charge in [-0.05, 0) is 105 Å². The van der Waals surface area contributed by atoms with Gasteiger partial charge in [-0.3, -0.25) is 0 Å². The quantitative estimate of drug-likeness (QED) is 0.127. The summed E-state index contributed by atoms with van der Waals surface area (Å²) in [6.07, 6.45) is 0. The van der Waals surface area contributed by atoms with E-state index in [0.29, 0.717) is 43.4 Å². The molecule has 0 spiro atoms. The SMILES string of the molecule is [2H]c1c([2H])c([2H])c(N(c2c(F)ccc(-c3ccccc3C#N)c2-c2ccccc2C#N)c2ccc3ccc4c(N(c5c([2H])c([2H])c([2H])c([2H])c5[2H])c5c(F)ccc(-c6ccccc6C#N)c5-c5ccccc5C#N)ccc5ccc2c3c54)c([2H])c1[2H]. The van der Waals surface area contributed by atoms with Gasteiger partial charge in [-0.1, -0.05) is 158 Å². The van der Waals surface area contributed by atoms with E-state index in [4.69, 9.17) is 8.22 Å². The first-order valence-electron chi connectivity index (χ1n) is 28.6. The molecular formula is C68H38F2N6. The molecule has 12 aromatic rings. The highest BCUT2D eigenvalue weighted by molar-refractivity contribution is 6.28. The average molecular weight is 987 g/mol. The topological polar surface area (TPSA) is 102 Å². The number of rotatable bonds is 10. The van der Waals surface area contributed by atoms with Crippen LogP contribution in [0.2, 0.25) is 0 Å². The molecule has 0 N–H and O–H groups in total. The largest absolute Gasteiger partial charge is 0.307 e. The van der Waals surface area contributed by atoms with Gasteiger partial charge in [-0.15, -0.1) is 0 Å². The summed E-state index contributed by atoms with van der Waals surface area (Å²) in [5.74, 6) is -1.90. The number of para-hydroxylation sites is 2. The third-order valence-electron chi connectivity index (χ3n) is 13.5. The molecule has 354 valence electrons. The van der Waals surface area contributed by atoms with E-state index in [9.17, 15) is 26.5 Å². The Kier molecular flexibility index (Phi) is 9.15. The van der Waals surface area contributed by atoms with E-state index in [1.54, 1.807) is 133 Å². The lowest BCUT2D eigenvalue weighted by Crippen LogP contribution is -2.15. The molecule has 8 heteroatoms. The zero-order valence-electron chi connectivity index (χ0n) is 49.6. The van der Waals surface area contributed by atoms with Gasteiger partial charge in [0, 0.05) is 55.5 Å². The van der Waals surface area contributed by atoms with Crippen molar-refractivity contribution in [3.05, 3.63) is 264 Å². The molecule has 76 heavy (non-hydrogen) atoms. The van der Waals surface area contributed by atoms with Gasteiger partial charge in [0.25, 0.3) is 0 Å². The summed E-state index contributed by atoms with van der Waals surface area (Å²) >= 11 is 0. The highest BCUT2D eigenvalue weighted by atomic mass is 19.1. The van der Waals surface area contributed by atoms with Gasteiger partial charge in [0.2, 0.25) is 0 Å². The summed E-state index contributed by atoms with van der Waals surface area (Å²) in [6.45, 7) is 0. The first kappa shape index (κ1) is 36.1. The Balaban J connectivity index is 1.25. The van der Waals surface area contributed by atoms with Crippen LogP contribution in [-0.2, 0) is 0 Å². The summed E-state index contributed by atoms with van der Waals surface area (Å²) in [5.41, 5.74) is 0.671. The van der Waals surface area contributed by atoms with E-state index in [0.717, 1.165) is 12.1 Å². The van der Waals surface area contributed by atoms with Crippen LogP contribution in [-0.4, -0.2) is 0 Å². The minimum Gasteiger partial charge on any atom is -0.307 e. The molecule has 0 fully saturated rings. The lowest BCUT2D eigenvalue weighted by Gasteiger charge is -2.32. The van der Waals surface area contributed by atoms with Gasteiger partial charge in [0.1, 0.15) is 11.6 Å². The summed E-state index contributed by atoms with van der Waals surface area (Å²) < 4.78 is 128. The van der Waals surface area contributed by atoms with Crippen molar-refractivity contribution in [2.24, 2.45) is 0 Å². The summed E-state index contributed by atoms with van der Waals surface area (Å²) in [7, 11) is 0. The van der Waals surface area contributed by atoms with Crippen LogP contribution in [0.1, 0.15) is 36.0 Å². The van der Waals surface area contributed by atoms with Crippen molar-refractivity contribution in [2.75, 3.05) is 9.80 Å². The van der Waals surface area contributed by atoms with E-state index in [1.807, 2.05) is 0 Å². The Hall–Kier alpha value is -10.9. The van der Waals surface area contributed by atoms with Crippen molar-refractivity contribution in [3.8, 4) is 68.8 Å². The van der Waals surface area contributed by atoms with Gasteiger partial charge in [0.05, 0.1) is 83.0 Å². The van der Waals surface area contributed by atoms with Crippen molar-refractivity contribution in [2.45, 2.75) is 0 Å². The molecule has 12 aromatic carbocycles. The zero-order chi connectivity index (χ0) is 60.6. The summed E-state index contributed by atoms with van der Waals surface area (Å²) in [5, 5.41) is 45.0. The molecule has 12 rings (SSSR count). The van der Waals surface area contributed by atoms with Crippen LogP contribution in [0.4, 0.5) is 42.9 Å². The van der Waals surface area contributed by atoms with Crippen LogP contribution in [0.3, 0.4) is 0 Å². The molecule has 0 saturated carbocycles. The molecule has 0 amide bonds. The Labute approximate surface area is 451 Å². The van der Waals surface area contributed by atoms with Crippen molar-refractivity contribution in [1.82, 2.24) is 0 Å². The van der Waals surface area contributed by atoms with Crippen molar-refractivity contribution < 1.29 is 22.5 Å². The molecule has 0 aliphatic rings. The number of halogens is 2. The molecule has 0 bridgehead atoms. The van der Waals surface area contributed by atoms with Crippen LogP contribution >= 0.6 is 0 Å². The van der Waals surface area contributed by atoms with E-state index in [2.05, 4.69) is 24.3 Å². The predicted molar refractivity (Wildman–Crippen MR) is 300 cm³/mol. The maximum atomic E-state index is 18.1. The van der Waals surface area contributed by atoms with Crippen molar-refractivity contribution in [3.63, 3.8) is 0 Å². The standard InChI is InChI=1S/C68H38F2N6/c69-59-35-33-55(51-23-11-7-15-45(51)39-71)65(53-25-13-9-17-47(53)41-73)67(59)75(49-19-3-1-4-20-49)61-37-29-43-28-32-58-62(38-30-44-27-31-57(61)63(43)64(44)58)76(50-21-5-2-6-22-50)68-60(70)36-34-56(52-24-12-8-16-46(52)40-72)66(68)54-26-14-10-18-48(54)42-74/h1-38H/i1D,2D,3D,4D,5D,6D,19D,20D,21D,22D. The van der Waals surface area contributed by atoms with E-state index in [1.165, 1.54) is 34.1 Å². The lowest BCUT2D eigenvalue weighted by molar-refractivity contribution is 0.629. The van der Waals surface area contributed by atoms with Crippen molar-refractivity contribution >= 4 is 66.4 Å². The third-order valence-corrected chi connectivity index (χ3v) is 13.5. The maximum Gasteiger partial charge on any atom is 0.147 e. The van der Waals surface area contributed by atoms with E-state index >= 15 is 8.78 Å². The second kappa shape index (κ2) is 19.3. The van der Waals surface area contributed by atoms with Crippen LogP contribution in [0.25, 0.3) is 76.8 Å². The molecule has 0 aromatic heterocycles. The van der Waals surface area contributed by atoms with Gasteiger partial charge < -0.3 is 9.80 Å². The van der Waals surface area contributed by atoms with Gasteiger partial charge >= 0.3 is 0 Å². The Bertz CT molecular complexity index is 4710. The van der Waals surface area contributed by atoms with Crippen molar-refractivity contribution in [1.29, 1.82) is 21.0 Å². The Morgan fingerprint density at radius 1 is 0.342 bits per heavy atom. The number of nitriles is 4. The smallest absolute Gasteiger partial charge is 0.147 e. The number of anilines is 6. The molecule has 0 atom stereocenters. The van der Waals surface area contributed by atoms with Crippen LogP contribution < -0.4 is 9.80 Å². The third kappa shape index (κ3) is 7.59. The van der Waals surface area contributed by atoms with E-state index < -0.39 is 83.4 Å². The minimum absolute atomic E-state index is 0.0364. The fourth-order valence-corrected chi connectivity index (χ4v) is 10.4. The Morgan fingerprint density at radius 2 is 0.671 bits per heavy atom. The first-order valence-corrected chi connectivity index (χ1v) is 23.6. The first-order chi connectivity index (χ1) is 41.6. The molecule has 0 radical (unpaired) electrons. The van der Waals surface area contributed by atoms with Crippen LogP contribution in [0.15, 0.2) is 230 Å². The van der Waals surface area contributed by atoms with E-state index in [-0.39, 0.29) is 78.4 Å². The lowest BCUT2D eigenvalue weighted by atomic mass is 9.87. The Morgan fingerprint density at radius 3 is 1.04 bits per heavy atom. The molecule has 0 aliphatic carbocycles. The highest BCUT2D eigenvalue weighted by Crippen LogP contribution is 2.54. The van der Waals surface area contributed by atoms with Gasteiger partial charge in [0.15, 0.2) is 0 Å². The summed E-state index contributed by atoms with van der Waals surface area (Å²) in [6, 6.07) is 46.2. The minimum atomic E-state index is -0.949. The molecule has 0 saturated heterocycles. The van der Waals surface area contributed by atoms with Gasteiger partial charge in [-0.2, -0.15) is 21.0 Å².